The Morgan fingerprint density at radius 3 is 2.39 bits per heavy atom. The summed E-state index contributed by atoms with van der Waals surface area (Å²) in [7, 11) is 2.20. The molecule has 0 unspecified atom stereocenters. The summed E-state index contributed by atoms with van der Waals surface area (Å²) in [4.78, 5) is 6.85. The molecule has 148 valence electrons. The van der Waals surface area contributed by atoms with Crippen LogP contribution in [0.4, 0.5) is 0 Å². The monoisotopic (exact) mass is 375 g/mol. The summed E-state index contributed by atoms with van der Waals surface area (Å²) in [5.74, 6) is 0.978. The van der Waals surface area contributed by atoms with Crippen LogP contribution in [-0.2, 0) is 0 Å². The van der Waals surface area contributed by atoms with Crippen LogP contribution in [0.5, 0.6) is 0 Å². The first kappa shape index (κ1) is 21.6. The van der Waals surface area contributed by atoms with Crippen molar-refractivity contribution in [3.05, 3.63) is 79.7 Å². The molecule has 28 heavy (non-hydrogen) atoms. The van der Waals surface area contributed by atoms with E-state index < -0.39 is 0 Å². The number of hydrogen-bond acceptors (Lipinski definition) is 2. The third-order valence-electron chi connectivity index (χ3n) is 5.09. The van der Waals surface area contributed by atoms with Crippen LogP contribution in [0, 0.1) is 12.8 Å². The number of piperidine rings is 1. The number of fused-ring (bicyclic) bond motifs is 1. The molecule has 0 amide bonds. The topological polar surface area (TPSA) is 21.1 Å². The molecule has 0 bridgehead atoms. The van der Waals surface area contributed by atoms with E-state index in [4.69, 9.17) is 0 Å². The van der Waals surface area contributed by atoms with Crippen LogP contribution in [0.3, 0.4) is 0 Å². The van der Waals surface area contributed by atoms with Gasteiger partial charge in [-0.15, -0.1) is 13.2 Å². The van der Waals surface area contributed by atoms with E-state index in [1.807, 2.05) is 12.4 Å². The molecule has 2 heterocycles. The van der Waals surface area contributed by atoms with Crippen molar-refractivity contribution in [3.63, 3.8) is 0 Å². The number of likely N-dealkylation sites (tertiary alicyclic amines) is 1. The molecule has 4 rings (SSSR count). The van der Waals surface area contributed by atoms with Crippen molar-refractivity contribution >= 4 is 17.1 Å². The third kappa shape index (κ3) is 5.67. The minimum absolute atomic E-state index is 0.978. The van der Waals surface area contributed by atoms with E-state index >= 15 is 0 Å². The van der Waals surface area contributed by atoms with E-state index in [1.54, 1.807) is 0 Å². The van der Waals surface area contributed by atoms with Crippen LogP contribution >= 0.6 is 0 Å². The van der Waals surface area contributed by atoms with Crippen molar-refractivity contribution in [1.82, 2.24) is 14.5 Å². The van der Waals surface area contributed by atoms with Gasteiger partial charge in [0.15, 0.2) is 0 Å². The van der Waals surface area contributed by atoms with Gasteiger partial charge in [-0.05, 0) is 81.2 Å². The number of rotatable bonds is 2. The Balaban J connectivity index is 0.000000236. The van der Waals surface area contributed by atoms with Crippen LogP contribution in [0.25, 0.3) is 22.8 Å². The first-order valence-electron chi connectivity index (χ1n) is 9.92. The third-order valence-corrected chi connectivity index (χ3v) is 5.09. The molecule has 1 aliphatic heterocycles. The van der Waals surface area contributed by atoms with Crippen molar-refractivity contribution in [2.75, 3.05) is 20.1 Å². The van der Waals surface area contributed by atoms with Gasteiger partial charge in [0, 0.05) is 5.69 Å². The van der Waals surface area contributed by atoms with Gasteiger partial charge in [0.1, 0.15) is 6.33 Å². The van der Waals surface area contributed by atoms with Gasteiger partial charge in [-0.3, -0.25) is 4.57 Å². The zero-order valence-electron chi connectivity index (χ0n) is 17.6. The van der Waals surface area contributed by atoms with Crippen LogP contribution in [-0.4, -0.2) is 34.6 Å². The summed E-state index contributed by atoms with van der Waals surface area (Å²) in [5, 5.41) is 0. The molecule has 1 saturated heterocycles. The molecule has 0 aliphatic carbocycles. The highest BCUT2D eigenvalue weighted by Gasteiger charge is 2.10. The number of aromatic nitrogens is 2. The highest BCUT2D eigenvalue weighted by atomic mass is 15.1. The Labute approximate surface area is 170 Å². The number of hydrogen-bond donors (Lipinski definition) is 0. The number of benzene rings is 2. The molecule has 0 N–H and O–H groups in total. The summed E-state index contributed by atoms with van der Waals surface area (Å²) in [6.45, 7) is 16.8. The lowest BCUT2D eigenvalue weighted by molar-refractivity contribution is 0.230. The first-order valence-corrected chi connectivity index (χ1v) is 9.92. The molecule has 2 aromatic carbocycles. The molecule has 3 heteroatoms. The second-order valence-corrected chi connectivity index (χ2v) is 7.39. The van der Waals surface area contributed by atoms with Gasteiger partial charge in [0.25, 0.3) is 0 Å². The highest BCUT2D eigenvalue weighted by molar-refractivity contribution is 5.80. The van der Waals surface area contributed by atoms with E-state index in [0.29, 0.717) is 0 Å². The molecule has 0 atom stereocenters. The SMILES string of the molecule is C=C.C=Cc1ccc2c(c1)ncn2-c1cccc(C)c1.CC1CCN(C)CC1. The lowest BCUT2D eigenvalue weighted by Crippen LogP contribution is -2.28. The molecule has 1 aliphatic rings. The lowest BCUT2D eigenvalue weighted by atomic mass is 10.00. The summed E-state index contributed by atoms with van der Waals surface area (Å²) in [6, 6.07) is 14.6. The molecule has 3 nitrogen and oxygen atoms in total. The second kappa shape index (κ2) is 10.6. The van der Waals surface area contributed by atoms with Gasteiger partial charge < -0.3 is 4.90 Å². The predicted molar refractivity (Wildman–Crippen MR) is 123 cm³/mol. The number of aryl methyl sites for hydroxylation is 1. The van der Waals surface area contributed by atoms with Crippen molar-refractivity contribution in [2.24, 2.45) is 5.92 Å². The Hall–Kier alpha value is -2.65. The number of nitrogens with zero attached hydrogens (tertiary/aromatic N) is 3. The van der Waals surface area contributed by atoms with Gasteiger partial charge in [0.05, 0.1) is 11.0 Å². The zero-order chi connectivity index (χ0) is 20.5. The van der Waals surface area contributed by atoms with Crippen LogP contribution < -0.4 is 0 Å². The predicted octanol–water partition coefficient (Wildman–Crippen LogP) is 6.13. The fourth-order valence-electron chi connectivity index (χ4n) is 3.28. The standard InChI is InChI=1S/C16H14N2.C7H15N.C2H4/c1-3-13-7-8-16-15(10-13)17-11-18(16)14-6-4-5-12(2)9-14;1-7-3-5-8(2)6-4-7;1-2/h3-11H,1H2,2H3;7H,3-6H2,1-2H3;1-2H2. The minimum Gasteiger partial charge on any atom is -0.306 e. The van der Waals surface area contributed by atoms with Gasteiger partial charge in [-0.1, -0.05) is 37.8 Å². The quantitative estimate of drug-likeness (QED) is 0.503. The fraction of sp³-hybridized carbons (Fsp3) is 0.320. The first-order chi connectivity index (χ1) is 13.6. The highest BCUT2D eigenvalue weighted by Crippen LogP contribution is 2.20. The second-order valence-electron chi connectivity index (χ2n) is 7.39. The maximum atomic E-state index is 4.45. The summed E-state index contributed by atoms with van der Waals surface area (Å²) in [5.41, 5.74) is 5.60. The van der Waals surface area contributed by atoms with E-state index in [2.05, 4.69) is 97.5 Å². The normalized spacial score (nSPS) is 14.5. The van der Waals surface area contributed by atoms with Gasteiger partial charge in [0.2, 0.25) is 0 Å². The summed E-state index contributed by atoms with van der Waals surface area (Å²) in [6.07, 6.45) is 6.50. The van der Waals surface area contributed by atoms with E-state index in [-0.39, 0.29) is 0 Å². The Bertz CT molecular complexity index is 876. The molecule has 0 radical (unpaired) electrons. The minimum atomic E-state index is 0.978. The van der Waals surface area contributed by atoms with Gasteiger partial charge >= 0.3 is 0 Å². The Morgan fingerprint density at radius 2 is 1.79 bits per heavy atom. The van der Waals surface area contributed by atoms with Crippen molar-refractivity contribution < 1.29 is 0 Å². The maximum Gasteiger partial charge on any atom is 0.100 e. The summed E-state index contributed by atoms with van der Waals surface area (Å²) < 4.78 is 2.11. The van der Waals surface area contributed by atoms with Crippen LogP contribution in [0.15, 0.2) is 68.5 Å². The Morgan fingerprint density at radius 1 is 1.07 bits per heavy atom. The molecular weight excluding hydrogens is 342 g/mol. The largest absolute Gasteiger partial charge is 0.306 e. The molecular formula is C25H33N3. The van der Waals surface area contributed by atoms with Crippen molar-refractivity contribution in [1.29, 1.82) is 0 Å². The zero-order valence-corrected chi connectivity index (χ0v) is 17.6. The average Bonchev–Trinajstić information content (AvgIpc) is 3.15. The molecule has 3 aromatic rings. The smallest absolute Gasteiger partial charge is 0.100 e. The Kier molecular flexibility index (Phi) is 8.21. The molecule has 0 spiro atoms. The molecule has 1 aromatic heterocycles. The molecule has 0 saturated carbocycles. The van der Waals surface area contributed by atoms with E-state index in [0.717, 1.165) is 28.2 Å². The van der Waals surface area contributed by atoms with Crippen molar-refractivity contribution in [3.8, 4) is 5.69 Å². The lowest BCUT2D eigenvalue weighted by Gasteiger charge is -2.26. The van der Waals surface area contributed by atoms with Crippen molar-refractivity contribution in [2.45, 2.75) is 26.7 Å². The average molecular weight is 376 g/mol. The van der Waals surface area contributed by atoms with Crippen LogP contribution in [0.2, 0.25) is 0 Å². The van der Waals surface area contributed by atoms with E-state index in [1.165, 1.54) is 31.5 Å². The fourth-order valence-corrected chi connectivity index (χ4v) is 3.28. The van der Waals surface area contributed by atoms with Crippen LogP contribution in [0.1, 0.15) is 30.9 Å². The van der Waals surface area contributed by atoms with E-state index in [9.17, 15) is 0 Å². The van der Waals surface area contributed by atoms with Gasteiger partial charge in [-0.25, -0.2) is 4.98 Å². The maximum absolute atomic E-state index is 4.45. The van der Waals surface area contributed by atoms with Gasteiger partial charge in [-0.2, -0.15) is 0 Å². The molecule has 1 fully saturated rings. The summed E-state index contributed by atoms with van der Waals surface area (Å²) >= 11 is 0. The number of imidazole rings is 1.